The van der Waals surface area contributed by atoms with Gasteiger partial charge in [-0.05, 0) is 45.7 Å². The number of nitrogens with zero attached hydrogens (tertiary/aromatic N) is 3. The summed E-state index contributed by atoms with van der Waals surface area (Å²) in [6.45, 7) is 9.16. The van der Waals surface area contributed by atoms with Crippen LogP contribution in [0.4, 0.5) is 0 Å². The second kappa shape index (κ2) is 11.8. The van der Waals surface area contributed by atoms with Gasteiger partial charge in [-0.3, -0.25) is 4.79 Å². The number of aliphatic hydroxyl groups is 2. The predicted molar refractivity (Wildman–Crippen MR) is 125 cm³/mol. The minimum absolute atomic E-state index is 0.0461. The van der Waals surface area contributed by atoms with Gasteiger partial charge >= 0.3 is 0 Å². The number of hydrogen-bond acceptors (Lipinski definition) is 7. The second-order valence-corrected chi connectivity index (χ2v) is 9.42. The maximum atomic E-state index is 13.4. The van der Waals surface area contributed by atoms with E-state index in [9.17, 15) is 15.0 Å². The molecule has 2 aliphatic rings. The van der Waals surface area contributed by atoms with Gasteiger partial charge in [0.15, 0.2) is 0 Å². The van der Waals surface area contributed by atoms with E-state index >= 15 is 0 Å². The fourth-order valence-corrected chi connectivity index (χ4v) is 4.33. The molecule has 8 nitrogen and oxygen atoms in total. The van der Waals surface area contributed by atoms with Gasteiger partial charge in [0.05, 0.1) is 12.6 Å². The van der Waals surface area contributed by atoms with Crippen LogP contribution in [0.1, 0.15) is 49.5 Å². The highest BCUT2D eigenvalue weighted by atomic mass is 16.5. The summed E-state index contributed by atoms with van der Waals surface area (Å²) in [4.78, 5) is 21.8. The van der Waals surface area contributed by atoms with Crippen molar-refractivity contribution in [2.45, 2.75) is 51.9 Å². The quantitative estimate of drug-likeness (QED) is 0.621. The van der Waals surface area contributed by atoms with E-state index in [4.69, 9.17) is 9.47 Å². The van der Waals surface area contributed by atoms with E-state index in [1.54, 1.807) is 24.1 Å². The standard InChI is InChI=1S/C25H37N3O5/c1-17-13-28(18(2)16-29)25(31)22-11-21(6-5-19(3)30)12-26-24(22)33-23(17)15-27(4)14-20-7-9-32-10-8-20/h11-12,17-20,23,29-30H,7-10,13-16H2,1-4H3/t17-,18-,19+,23+/m0/s1. The molecule has 0 unspecified atom stereocenters. The molecule has 0 saturated carbocycles. The van der Waals surface area contributed by atoms with Crippen molar-refractivity contribution >= 4 is 5.91 Å². The Hall–Kier alpha value is -2.18. The molecule has 0 aromatic carbocycles. The molecular formula is C25H37N3O5. The number of hydrogen-bond donors (Lipinski definition) is 2. The molecule has 3 rings (SSSR count). The molecule has 0 radical (unpaired) electrons. The zero-order valence-electron chi connectivity index (χ0n) is 20.2. The first-order valence-electron chi connectivity index (χ1n) is 11.8. The van der Waals surface area contributed by atoms with Crippen molar-refractivity contribution in [3.63, 3.8) is 0 Å². The van der Waals surface area contributed by atoms with Gasteiger partial charge in [-0.1, -0.05) is 18.8 Å². The fraction of sp³-hybridized carbons (Fsp3) is 0.680. The van der Waals surface area contributed by atoms with Crippen LogP contribution in [0.25, 0.3) is 0 Å². The summed E-state index contributed by atoms with van der Waals surface area (Å²) in [5, 5.41) is 19.3. The number of carbonyl (C=O) groups is 1. The molecule has 1 aromatic rings. The highest BCUT2D eigenvalue weighted by molar-refractivity contribution is 5.97. The van der Waals surface area contributed by atoms with E-state index in [1.807, 2.05) is 6.92 Å². The van der Waals surface area contributed by atoms with E-state index in [2.05, 4.69) is 35.7 Å². The molecule has 2 aliphatic heterocycles. The number of aromatic nitrogens is 1. The molecule has 2 N–H and O–H groups in total. The van der Waals surface area contributed by atoms with Crippen LogP contribution in [-0.4, -0.2) is 95.7 Å². The molecule has 33 heavy (non-hydrogen) atoms. The highest BCUT2D eigenvalue weighted by Crippen LogP contribution is 2.27. The van der Waals surface area contributed by atoms with E-state index in [0.717, 1.165) is 32.6 Å². The number of pyridine rings is 1. The zero-order chi connectivity index (χ0) is 24.0. The molecule has 1 fully saturated rings. The number of aliphatic hydroxyl groups excluding tert-OH is 2. The third-order valence-corrected chi connectivity index (χ3v) is 6.35. The Morgan fingerprint density at radius 1 is 1.30 bits per heavy atom. The van der Waals surface area contributed by atoms with Crippen molar-refractivity contribution < 1.29 is 24.5 Å². The number of amides is 1. The summed E-state index contributed by atoms with van der Waals surface area (Å²) in [6.07, 6.45) is 2.76. The van der Waals surface area contributed by atoms with Crippen molar-refractivity contribution in [1.82, 2.24) is 14.8 Å². The van der Waals surface area contributed by atoms with Crippen LogP contribution < -0.4 is 4.74 Å². The van der Waals surface area contributed by atoms with Gasteiger partial charge in [0.25, 0.3) is 5.91 Å². The van der Waals surface area contributed by atoms with Gasteiger partial charge in [-0.15, -0.1) is 0 Å². The van der Waals surface area contributed by atoms with E-state index < -0.39 is 6.10 Å². The summed E-state index contributed by atoms with van der Waals surface area (Å²) >= 11 is 0. The smallest absolute Gasteiger partial charge is 0.259 e. The average Bonchev–Trinajstić information content (AvgIpc) is 2.80. The van der Waals surface area contributed by atoms with Crippen LogP contribution in [0.3, 0.4) is 0 Å². The minimum atomic E-state index is -0.777. The molecule has 1 aromatic heterocycles. The number of carbonyl (C=O) groups excluding carboxylic acids is 1. The van der Waals surface area contributed by atoms with Crippen molar-refractivity contribution in [3.05, 3.63) is 23.4 Å². The van der Waals surface area contributed by atoms with Crippen LogP contribution in [0.15, 0.2) is 12.3 Å². The molecule has 3 heterocycles. The molecule has 1 amide bonds. The van der Waals surface area contributed by atoms with E-state index in [1.165, 1.54) is 0 Å². The van der Waals surface area contributed by atoms with Crippen molar-refractivity contribution in [3.8, 4) is 17.7 Å². The normalized spacial score (nSPS) is 23.6. The topological polar surface area (TPSA) is 95.4 Å². The predicted octanol–water partition coefficient (Wildman–Crippen LogP) is 1.39. The molecule has 8 heteroatoms. The van der Waals surface area contributed by atoms with Gasteiger partial charge < -0.3 is 29.5 Å². The number of rotatable bonds is 6. The Labute approximate surface area is 196 Å². The lowest BCUT2D eigenvalue weighted by atomic mass is 9.97. The molecule has 0 aliphatic carbocycles. The summed E-state index contributed by atoms with van der Waals surface area (Å²) in [5.41, 5.74) is 0.863. The van der Waals surface area contributed by atoms with Crippen molar-refractivity contribution in [2.24, 2.45) is 11.8 Å². The molecule has 4 atom stereocenters. The van der Waals surface area contributed by atoms with Gasteiger partial charge in [-0.2, -0.15) is 0 Å². The van der Waals surface area contributed by atoms with Crippen molar-refractivity contribution in [2.75, 3.05) is 46.5 Å². The fourth-order valence-electron chi connectivity index (χ4n) is 4.33. The first-order valence-corrected chi connectivity index (χ1v) is 11.8. The zero-order valence-corrected chi connectivity index (χ0v) is 20.2. The van der Waals surface area contributed by atoms with Crippen LogP contribution in [-0.2, 0) is 4.74 Å². The molecule has 1 saturated heterocycles. The monoisotopic (exact) mass is 459 g/mol. The maximum Gasteiger partial charge on any atom is 0.259 e. The van der Waals surface area contributed by atoms with Crippen LogP contribution in [0.2, 0.25) is 0 Å². The Morgan fingerprint density at radius 3 is 2.70 bits per heavy atom. The van der Waals surface area contributed by atoms with Crippen LogP contribution in [0.5, 0.6) is 5.88 Å². The number of ether oxygens (including phenoxy) is 2. The maximum absolute atomic E-state index is 13.4. The molecule has 182 valence electrons. The SMILES string of the molecule is C[C@@H](O)C#Cc1cnc2c(c1)C(=O)N([C@@H](C)CO)C[C@H](C)[C@@H](CN(C)CC1CCOCC1)O2. The number of likely N-dealkylation sites (N-methyl/N-ethyl adjacent to an activating group) is 1. The number of fused-ring (bicyclic) bond motifs is 1. The summed E-state index contributed by atoms with van der Waals surface area (Å²) < 4.78 is 11.8. The third-order valence-electron chi connectivity index (χ3n) is 6.35. The lowest BCUT2D eigenvalue weighted by molar-refractivity contribution is 0.0254. The molecule has 0 bridgehead atoms. The Balaban J connectivity index is 1.86. The van der Waals surface area contributed by atoms with Crippen molar-refractivity contribution in [1.29, 1.82) is 0 Å². The minimum Gasteiger partial charge on any atom is -0.472 e. The van der Waals surface area contributed by atoms with E-state index in [0.29, 0.717) is 30.1 Å². The first kappa shape index (κ1) is 25.4. The lowest BCUT2D eigenvalue weighted by Gasteiger charge is -2.38. The van der Waals surface area contributed by atoms with Crippen LogP contribution >= 0.6 is 0 Å². The summed E-state index contributed by atoms with van der Waals surface area (Å²) in [7, 11) is 2.10. The van der Waals surface area contributed by atoms with E-state index in [-0.39, 0.29) is 36.5 Å². The van der Waals surface area contributed by atoms with Gasteiger partial charge in [0, 0.05) is 50.5 Å². The summed E-state index contributed by atoms with van der Waals surface area (Å²) in [5.74, 6) is 6.24. The summed E-state index contributed by atoms with van der Waals surface area (Å²) in [6, 6.07) is 1.33. The Morgan fingerprint density at radius 2 is 2.03 bits per heavy atom. The Bertz CT molecular complexity index is 859. The molecular weight excluding hydrogens is 422 g/mol. The Kier molecular flexibility index (Phi) is 9.10. The average molecular weight is 460 g/mol. The third kappa shape index (κ3) is 6.90. The van der Waals surface area contributed by atoms with Crippen LogP contribution in [0, 0.1) is 23.7 Å². The first-order chi connectivity index (χ1) is 15.8. The second-order valence-electron chi connectivity index (χ2n) is 9.42. The largest absolute Gasteiger partial charge is 0.472 e. The van der Waals surface area contributed by atoms with Gasteiger partial charge in [0.1, 0.15) is 17.8 Å². The lowest BCUT2D eigenvalue weighted by Crippen LogP contribution is -2.50. The molecule has 0 spiro atoms. The van der Waals surface area contributed by atoms with Gasteiger partial charge in [0.2, 0.25) is 5.88 Å². The van der Waals surface area contributed by atoms with Gasteiger partial charge in [-0.25, -0.2) is 4.98 Å². The highest BCUT2D eigenvalue weighted by Gasteiger charge is 2.34.